The zero-order valence-electron chi connectivity index (χ0n) is 40.7. The quantitative estimate of drug-likeness (QED) is 0.0262. The van der Waals surface area contributed by atoms with Gasteiger partial charge in [-0.15, -0.1) is 0 Å². The summed E-state index contributed by atoms with van der Waals surface area (Å²) < 4.78 is 16.7. The SMILES string of the molecule is CC/C=C\C/C=C\C/C=C\CC(=O)OCC(COC(=O)CCCCCCCCCCCCCCCCCCCC)OC(=O)CCCCCCCCCCCCCCCCCC. The number of hydrogen-bond donors (Lipinski definition) is 0. The number of carbonyl (C=O) groups is 3. The fourth-order valence-corrected chi connectivity index (χ4v) is 7.74. The third-order valence-corrected chi connectivity index (χ3v) is 11.7. The molecule has 61 heavy (non-hydrogen) atoms. The zero-order valence-corrected chi connectivity index (χ0v) is 40.7. The number of ether oxygens (including phenoxy) is 3. The highest BCUT2D eigenvalue weighted by Crippen LogP contribution is 2.17. The molecular weight excluding hydrogens is 757 g/mol. The summed E-state index contributed by atoms with van der Waals surface area (Å²) in [6, 6.07) is 0. The van der Waals surface area contributed by atoms with Gasteiger partial charge in [-0.1, -0.05) is 263 Å². The zero-order chi connectivity index (χ0) is 44.4. The van der Waals surface area contributed by atoms with Crippen molar-refractivity contribution in [2.75, 3.05) is 13.2 Å². The molecule has 1 unspecified atom stereocenters. The minimum absolute atomic E-state index is 0.0943. The Bertz CT molecular complexity index is 1030. The van der Waals surface area contributed by atoms with Crippen LogP contribution in [0.3, 0.4) is 0 Å². The Morgan fingerprint density at radius 1 is 0.344 bits per heavy atom. The largest absolute Gasteiger partial charge is 0.462 e. The van der Waals surface area contributed by atoms with Crippen molar-refractivity contribution in [3.63, 3.8) is 0 Å². The van der Waals surface area contributed by atoms with Crippen LogP contribution >= 0.6 is 0 Å². The van der Waals surface area contributed by atoms with Crippen molar-refractivity contribution in [1.82, 2.24) is 0 Å². The van der Waals surface area contributed by atoms with Gasteiger partial charge in [0.2, 0.25) is 0 Å². The van der Waals surface area contributed by atoms with Crippen LogP contribution in [-0.4, -0.2) is 37.2 Å². The van der Waals surface area contributed by atoms with E-state index in [0.29, 0.717) is 12.8 Å². The molecule has 0 aliphatic carbocycles. The smallest absolute Gasteiger partial charge is 0.309 e. The van der Waals surface area contributed by atoms with Gasteiger partial charge in [-0.3, -0.25) is 14.4 Å². The standard InChI is InChI=1S/C55H100O6/c1-4-7-10-13-16-19-21-23-25-27-28-30-31-33-36-39-42-45-48-54(57)60-51-52(50-59-53(56)47-44-41-38-35-18-15-12-9-6-3)61-55(58)49-46-43-40-37-34-32-29-26-24-22-20-17-14-11-8-5-2/h9,12,18,35,41,44,52H,4-8,10-11,13-17,19-34,36-40,42-43,45-51H2,1-3H3/b12-9-,35-18-,44-41-. The van der Waals surface area contributed by atoms with Crippen molar-refractivity contribution in [3.8, 4) is 0 Å². The summed E-state index contributed by atoms with van der Waals surface area (Å²) in [5, 5.41) is 0. The Labute approximate surface area is 378 Å². The average molecular weight is 857 g/mol. The van der Waals surface area contributed by atoms with E-state index in [2.05, 4.69) is 45.1 Å². The molecule has 0 rings (SSSR count). The van der Waals surface area contributed by atoms with E-state index in [1.807, 2.05) is 6.08 Å². The minimum atomic E-state index is -0.801. The van der Waals surface area contributed by atoms with Gasteiger partial charge in [-0.2, -0.15) is 0 Å². The maximum Gasteiger partial charge on any atom is 0.309 e. The monoisotopic (exact) mass is 857 g/mol. The normalized spacial score (nSPS) is 12.2. The molecule has 0 saturated heterocycles. The summed E-state index contributed by atoms with van der Waals surface area (Å²) in [7, 11) is 0. The molecule has 0 spiro atoms. The highest BCUT2D eigenvalue weighted by atomic mass is 16.6. The Balaban J connectivity index is 4.29. The number of unbranched alkanes of at least 4 members (excludes halogenated alkanes) is 32. The molecule has 0 amide bonds. The lowest BCUT2D eigenvalue weighted by Gasteiger charge is -2.18. The second-order valence-corrected chi connectivity index (χ2v) is 17.8. The number of esters is 3. The van der Waals surface area contributed by atoms with Gasteiger partial charge in [0.05, 0.1) is 6.42 Å². The molecule has 0 saturated carbocycles. The lowest BCUT2D eigenvalue weighted by molar-refractivity contribution is -0.166. The lowest BCUT2D eigenvalue weighted by atomic mass is 10.0. The van der Waals surface area contributed by atoms with Crippen molar-refractivity contribution < 1.29 is 28.6 Å². The van der Waals surface area contributed by atoms with E-state index >= 15 is 0 Å². The minimum Gasteiger partial charge on any atom is -0.462 e. The summed E-state index contributed by atoms with van der Waals surface area (Å²) in [4.78, 5) is 37.8. The van der Waals surface area contributed by atoms with Crippen LogP contribution in [0, 0.1) is 0 Å². The van der Waals surface area contributed by atoms with Gasteiger partial charge in [0.15, 0.2) is 6.10 Å². The van der Waals surface area contributed by atoms with E-state index in [4.69, 9.17) is 14.2 Å². The number of hydrogen-bond acceptors (Lipinski definition) is 6. The van der Waals surface area contributed by atoms with Crippen molar-refractivity contribution in [2.24, 2.45) is 0 Å². The van der Waals surface area contributed by atoms with E-state index in [1.165, 1.54) is 180 Å². The van der Waals surface area contributed by atoms with Crippen LogP contribution < -0.4 is 0 Å². The molecule has 6 nitrogen and oxygen atoms in total. The van der Waals surface area contributed by atoms with E-state index in [-0.39, 0.29) is 31.6 Å². The molecule has 0 aromatic carbocycles. The maximum absolute atomic E-state index is 12.8. The fraction of sp³-hybridized carbons (Fsp3) is 0.836. The highest BCUT2D eigenvalue weighted by molar-refractivity contribution is 5.72. The number of allylic oxidation sites excluding steroid dienone is 5. The molecule has 1 atom stereocenters. The van der Waals surface area contributed by atoms with Gasteiger partial charge >= 0.3 is 17.9 Å². The van der Waals surface area contributed by atoms with Crippen molar-refractivity contribution in [2.45, 2.75) is 284 Å². The van der Waals surface area contributed by atoms with Crippen LogP contribution in [0.1, 0.15) is 278 Å². The summed E-state index contributed by atoms with van der Waals surface area (Å²) in [5.74, 6) is -1.01. The fourth-order valence-electron chi connectivity index (χ4n) is 7.74. The van der Waals surface area contributed by atoms with E-state index in [9.17, 15) is 14.4 Å². The molecule has 6 heteroatoms. The molecule has 0 N–H and O–H groups in total. The molecule has 0 bridgehead atoms. The van der Waals surface area contributed by atoms with E-state index in [1.54, 1.807) is 6.08 Å². The molecule has 0 aromatic rings. The molecule has 0 radical (unpaired) electrons. The van der Waals surface area contributed by atoms with Gasteiger partial charge in [0.1, 0.15) is 13.2 Å². The maximum atomic E-state index is 12.8. The number of rotatable bonds is 48. The van der Waals surface area contributed by atoms with Crippen molar-refractivity contribution in [1.29, 1.82) is 0 Å². The van der Waals surface area contributed by atoms with E-state index < -0.39 is 12.1 Å². The molecule has 0 heterocycles. The molecule has 356 valence electrons. The van der Waals surface area contributed by atoms with Crippen LogP contribution in [0.4, 0.5) is 0 Å². The van der Waals surface area contributed by atoms with Gasteiger partial charge < -0.3 is 14.2 Å². The Morgan fingerprint density at radius 2 is 0.639 bits per heavy atom. The number of carbonyl (C=O) groups excluding carboxylic acids is 3. The first kappa shape index (κ1) is 58.6. The van der Waals surface area contributed by atoms with Gasteiger partial charge in [-0.25, -0.2) is 0 Å². The highest BCUT2D eigenvalue weighted by Gasteiger charge is 2.19. The van der Waals surface area contributed by atoms with Gasteiger partial charge in [0.25, 0.3) is 0 Å². The van der Waals surface area contributed by atoms with Gasteiger partial charge in [-0.05, 0) is 32.1 Å². The summed E-state index contributed by atoms with van der Waals surface area (Å²) in [6.07, 6.45) is 58.9. The molecule has 0 aliphatic rings. The third kappa shape index (κ3) is 48.5. The molecule has 0 fully saturated rings. The second-order valence-electron chi connectivity index (χ2n) is 17.8. The molecular formula is C55H100O6. The average Bonchev–Trinajstić information content (AvgIpc) is 3.26. The third-order valence-electron chi connectivity index (χ3n) is 11.7. The predicted molar refractivity (Wildman–Crippen MR) is 261 cm³/mol. The van der Waals surface area contributed by atoms with Crippen LogP contribution in [0.15, 0.2) is 36.5 Å². The Kier molecular flexibility index (Phi) is 48.3. The topological polar surface area (TPSA) is 78.9 Å². The van der Waals surface area contributed by atoms with Crippen molar-refractivity contribution >= 4 is 17.9 Å². The van der Waals surface area contributed by atoms with Crippen LogP contribution in [0.5, 0.6) is 0 Å². The first-order valence-corrected chi connectivity index (χ1v) is 26.5. The Morgan fingerprint density at radius 3 is 1.00 bits per heavy atom. The second kappa shape index (κ2) is 50.3. The summed E-state index contributed by atoms with van der Waals surface area (Å²) in [6.45, 7) is 6.46. The van der Waals surface area contributed by atoms with Crippen molar-refractivity contribution in [3.05, 3.63) is 36.5 Å². The first-order valence-electron chi connectivity index (χ1n) is 26.5. The van der Waals surface area contributed by atoms with Gasteiger partial charge in [0, 0.05) is 12.8 Å². The van der Waals surface area contributed by atoms with E-state index in [0.717, 1.165) is 57.8 Å². The lowest BCUT2D eigenvalue weighted by Crippen LogP contribution is -2.30. The molecule has 0 aromatic heterocycles. The summed E-state index contributed by atoms with van der Waals surface area (Å²) >= 11 is 0. The Hall–Kier alpha value is -2.37. The molecule has 0 aliphatic heterocycles. The predicted octanol–water partition coefficient (Wildman–Crippen LogP) is 17.3. The summed E-state index contributed by atoms with van der Waals surface area (Å²) in [5.41, 5.74) is 0. The first-order chi connectivity index (χ1) is 30.0. The van der Waals surface area contributed by atoms with Crippen LogP contribution in [0.25, 0.3) is 0 Å². The van der Waals surface area contributed by atoms with Crippen LogP contribution in [0.2, 0.25) is 0 Å². The van der Waals surface area contributed by atoms with Crippen LogP contribution in [-0.2, 0) is 28.6 Å².